The fourth-order valence-electron chi connectivity index (χ4n) is 2.71. The lowest BCUT2D eigenvalue weighted by Gasteiger charge is -2.28. The van der Waals surface area contributed by atoms with Gasteiger partial charge in [0.25, 0.3) is 0 Å². The number of piperidine rings is 1. The largest absolute Gasteiger partial charge is 0.381 e. The van der Waals surface area contributed by atoms with Crippen molar-refractivity contribution in [1.82, 2.24) is 10.6 Å². The highest BCUT2D eigenvalue weighted by Gasteiger charge is 2.25. The van der Waals surface area contributed by atoms with Crippen molar-refractivity contribution in [2.24, 2.45) is 11.8 Å². The first-order valence-electron chi connectivity index (χ1n) is 6.84. The van der Waals surface area contributed by atoms with E-state index in [9.17, 15) is 4.79 Å². The summed E-state index contributed by atoms with van der Waals surface area (Å²) in [6, 6.07) is 0.475. The number of hydrogen-bond acceptors (Lipinski definition) is 3. The Kier molecular flexibility index (Phi) is 4.80. The highest BCUT2D eigenvalue weighted by molar-refractivity contribution is 5.78. The van der Waals surface area contributed by atoms with E-state index < -0.39 is 0 Å². The van der Waals surface area contributed by atoms with Crippen LogP contribution in [0.3, 0.4) is 0 Å². The summed E-state index contributed by atoms with van der Waals surface area (Å²) in [6.45, 7) is 5.66. The van der Waals surface area contributed by atoms with Crippen LogP contribution in [-0.4, -0.2) is 38.3 Å². The zero-order valence-corrected chi connectivity index (χ0v) is 10.7. The molecule has 0 radical (unpaired) electrons. The Morgan fingerprint density at radius 3 is 2.82 bits per heavy atom. The summed E-state index contributed by atoms with van der Waals surface area (Å²) in [5.41, 5.74) is 0. The van der Waals surface area contributed by atoms with Crippen molar-refractivity contribution in [2.45, 2.75) is 38.6 Å². The maximum Gasteiger partial charge on any atom is 0.223 e. The fourth-order valence-corrected chi connectivity index (χ4v) is 2.71. The van der Waals surface area contributed by atoms with Gasteiger partial charge >= 0.3 is 0 Å². The average Bonchev–Trinajstić information content (AvgIpc) is 2.37. The first-order chi connectivity index (χ1) is 8.25. The van der Waals surface area contributed by atoms with E-state index in [0.717, 1.165) is 52.0 Å². The van der Waals surface area contributed by atoms with Gasteiger partial charge in [-0.2, -0.15) is 0 Å². The van der Waals surface area contributed by atoms with E-state index in [1.807, 2.05) is 0 Å². The first-order valence-corrected chi connectivity index (χ1v) is 6.84. The average molecular weight is 240 g/mol. The molecule has 17 heavy (non-hydrogen) atoms. The zero-order valence-electron chi connectivity index (χ0n) is 10.7. The number of nitrogens with one attached hydrogen (secondary N) is 2. The summed E-state index contributed by atoms with van der Waals surface area (Å²) in [6.07, 6.45) is 4.12. The van der Waals surface area contributed by atoms with Crippen LogP contribution in [0.25, 0.3) is 0 Å². The zero-order chi connectivity index (χ0) is 12.1. The quantitative estimate of drug-likeness (QED) is 0.771. The van der Waals surface area contributed by atoms with E-state index in [-0.39, 0.29) is 11.8 Å². The highest BCUT2D eigenvalue weighted by Crippen LogP contribution is 2.17. The Morgan fingerprint density at radius 1 is 1.35 bits per heavy atom. The Balaban J connectivity index is 1.69. The fraction of sp³-hybridized carbons (Fsp3) is 0.923. The number of carbonyl (C=O) groups excluding carboxylic acids is 1. The van der Waals surface area contributed by atoms with Crippen molar-refractivity contribution < 1.29 is 9.53 Å². The molecule has 0 aromatic carbocycles. The minimum Gasteiger partial charge on any atom is -0.381 e. The molecule has 2 rings (SSSR count). The van der Waals surface area contributed by atoms with Crippen LogP contribution < -0.4 is 10.6 Å². The van der Waals surface area contributed by atoms with Crippen molar-refractivity contribution in [3.8, 4) is 0 Å². The third kappa shape index (κ3) is 3.96. The van der Waals surface area contributed by atoms with Gasteiger partial charge in [-0.15, -0.1) is 0 Å². The van der Waals surface area contributed by atoms with Crippen LogP contribution in [-0.2, 0) is 9.53 Å². The van der Waals surface area contributed by atoms with Crippen molar-refractivity contribution in [1.29, 1.82) is 0 Å². The van der Waals surface area contributed by atoms with Gasteiger partial charge in [0.1, 0.15) is 0 Å². The third-order valence-electron chi connectivity index (χ3n) is 3.90. The summed E-state index contributed by atoms with van der Waals surface area (Å²) in [4.78, 5) is 12.0. The van der Waals surface area contributed by atoms with Gasteiger partial charge < -0.3 is 15.4 Å². The molecule has 1 amide bonds. The van der Waals surface area contributed by atoms with E-state index in [4.69, 9.17) is 4.74 Å². The van der Waals surface area contributed by atoms with Crippen molar-refractivity contribution in [3.63, 3.8) is 0 Å². The molecule has 0 spiro atoms. The smallest absolute Gasteiger partial charge is 0.223 e. The van der Waals surface area contributed by atoms with Gasteiger partial charge in [0, 0.05) is 31.7 Å². The van der Waals surface area contributed by atoms with Crippen LogP contribution in [0.4, 0.5) is 0 Å². The van der Waals surface area contributed by atoms with Gasteiger partial charge in [-0.25, -0.2) is 0 Å². The van der Waals surface area contributed by atoms with Crippen LogP contribution in [0.5, 0.6) is 0 Å². The predicted octanol–water partition coefficient (Wildman–Crippen LogP) is 0.917. The van der Waals surface area contributed by atoms with Crippen LogP contribution in [0, 0.1) is 11.8 Å². The van der Waals surface area contributed by atoms with Crippen LogP contribution in [0.15, 0.2) is 0 Å². The van der Waals surface area contributed by atoms with Gasteiger partial charge in [0.05, 0.1) is 0 Å². The molecule has 2 aliphatic heterocycles. The number of rotatable bonds is 3. The molecule has 0 aliphatic carbocycles. The SMILES string of the molecule is CC1CC(C(=O)NCC2CCOCC2)CCN1. The molecule has 0 aromatic heterocycles. The van der Waals surface area contributed by atoms with Gasteiger partial charge in [0.2, 0.25) is 5.91 Å². The second-order valence-corrected chi connectivity index (χ2v) is 5.38. The van der Waals surface area contributed by atoms with Gasteiger partial charge in [0.15, 0.2) is 0 Å². The van der Waals surface area contributed by atoms with Gasteiger partial charge in [-0.05, 0) is 45.1 Å². The minimum atomic E-state index is 0.214. The molecule has 2 aliphatic rings. The lowest BCUT2D eigenvalue weighted by Crippen LogP contribution is -2.43. The molecular weight excluding hydrogens is 216 g/mol. The van der Waals surface area contributed by atoms with E-state index in [1.165, 1.54) is 0 Å². The molecule has 2 N–H and O–H groups in total. The van der Waals surface area contributed by atoms with Gasteiger partial charge in [-0.1, -0.05) is 0 Å². The maximum atomic E-state index is 12.0. The molecule has 98 valence electrons. The van der Waals surface area contributed by atoms with Gasteiger partial charge in [-0.3, -0.25) is 4.79 Å². The summed E-state index contributed by atoms with van der Waals surface area (Å²) in [5, 5.41) is 6.50. The second kappa shape index (κ2) is 6.36. The third-order valence-corrected chi connectivity index (χ3v) is 3.90. The molecule has 2 atom stereocenters. The lowest BCUT2D eigenvalue weighted by molar-refractivity contribution is -0.126. The van der Waals surface area contributed by atoms with Crippen LogP contribution in [0.2, 0.25) is 0 Å². The Bertz CT molecular complexity index is 252. The number of amides is 1. The van der Waals surface area contributed by atoms with Crippen molar-refractivity contribution >= 4 is 5.91 Å². The molecule has 0 saturated carbocycles. The molecule has 2 heterocycles. The lowest BCUT2D eigenvalue weighted by atomic mass is 9.92. The summed E-state index contributed by atoms with van der Waals surface area (Å²) in [7, 11) is 0. The van der Waals surface area contributed by atoms with Crippen LogP contribution in [0.1, 0.15) is 32.6 Å². The molecule has 4 nitrogen and oxygen atoms in total. The maximum absolute atomic E-state index is 12.0. The Labute approximate surface area is 103 Å². The minimum absolute atomic E-state index is 0.214. The first kappa shape index (κ1) is 12.8. The van der Waals surface area contributed by atoms with E-state index >= 15 is 0 Å². The van der Waals surface area contributed by atoms with Crippen molar-refractivity contribution in [2.75, 3.05) is 26.3 Å². The molecule has 4 heteroatoms. The monoisotopic (exact) mass is 240 g/mol. The number of ether oxygens (including phenoxy) is 1. The predicted molar refractivity (Wildman–Crippen MR) is 66.7 cm³/mol. The number of hydrogen-bond donors (Lipinski definition) is 2. The summed E-state index contributed by atoms with van der Waals surface area (Å²) >= 11 is 0. The molecule has 0 bridgehead atoms. The Morgan fingerprint density at radius 2 is 2.12 bits per heavy atom. The molecule has 0 aromatic rings. The topological polar surface area (TPSA) is 50.4 Å². The van der Waals surface area contributed by atoms with Crippen molar-refractivity contribution in [3.05, 3.63) is 0 Å². The number of carbonyl (C=O) groups is 1. The second-order valence-electron chi connectivity index (χ2n) is 5.38. The molecule has 2 saturated heterocycles. The molecule has 2 unspecified atom stereocenters. The van der Waals surface area contributed by atoms with E-state index in [1.54, 1.807) is 0 Å². The Hall–Kier alpha value is -0.610. The summed E-state index contributed by atoms with van der Waals surface area (Å²) < 4.78 is 5.32. The summed E-state index contributed by atoms with van der Waals surface area (Å²) in [5.74, 6) is 1.09. The van der Waals surface area contributed by atoms with E-state index in [2.05, 4.69) is 17.6 Å². The molecule has 2 fully saturated rings. The highest BCUT2D eigenvalue weighted by atomic mass is 16.5. The molecular formula is C13H24N2O2. The van der Waals surface area contributed by atoms with Crippen LogP contribution >= 0.6 is 0 Å². The standard InChI is InChI=1S/C13H24N2O2/c1-10-8-12(2-5-14-10)13(16)15-9-11-3-6-17-7-4-11/h10-12,14H,2-9H2,1H3,(H,15,16). The van der Waals surface area contributed by atoms with E-state index in [0.29, 0.717) is 12.0 Å². The normalized spacial score (nSPS) is 31.1.